The van der Waals surface area contributed by atoms with E-state index in [2.05, 4.69) is 12.1 Å². The predicted molar refractivity (Wildman–Crippen MR) is 104 cm³/mol. The Morgan fingerprint density at radius 2 is 2.07 bits per heavy atom. The van der Waals surface area contributed by atoms with Crippen LogP contribution in [0.5, 0.6) is 5.75 Å². The fourth-order valence-electron chi connectivity index (χ4n) is 3.78. The number of methoxy groups -OCH3 is 1. The van der Waals surface area contributed by atoms with Gasteiger partial charge in [0.25, 0.3) is 0 Å². The maximum atomic E-state index is 11.5. The Bertz CT molecular complexity index is 1000. The molecule has 2 heterocycles. The normalized spacial score (nSPS) is 15.4. The second-order valence-electron chi connectivity index (χ2n) is 6.97. The molecular formula is C21H21ClN2O3. The van der Waals surface area contributed by atoms with Crippen LogP contribution in [0.25, 0.3) is 16.9 Å². The minimum absolute atomic E-state index is 0.127. The topological polar surface area (TPSA) is 63.8 Å². The van der Waals surface area contributed by atoms with Gasteiger partial charge in [-0.3, -0.25) is 4.79 Å². The molecule has 140 valence electrons. The van der Waals surface area contributed by atoms with Crippen molar-refractivity contribution in [2.75, 3.05) is 7.11 Å². The van der Waals surface area contributed by atoms with E-state index in [1.54, 1.807) is 19.2 Å². The molecule has 5 nitrogen and oxygen atoms in total. The van der Waals surface area contributed by atoms with Crippen molar-refractivity contribution in [2.45, 2.75) is 38.2 Å². The molecule has 0 spiro atoms. The molecule has 0 radical (unpaired) electrons. The smallest absolute Gasteiger partial charge is 0.137 e. The Labute approximate surface area is 162 Å². The number of imidazole rings is 1. The van der Waals surface area contributed by atoms with Gasteiger partial charge in [-0.05, 0) is 54.2 Å². The molecule has 3 aromatic rings. The van der Waals surface area contributed by atoms with Crippen molar-refractivity contribution in [1.82, 2.24) is 9.38 Å². The zero-order valence-electron chi connectivity index (χ0n) is 15.1. The van der Waals surface area contributed by atoms with Crippen LogP contribution in [-0.4, -0.2) is 27.4 Å². The Balaban J connectivity index is 1.72. The van der Waals surface area contributed by atoms with E-state index in [0.29, 0.717) is 40.9 Å². The van der Waals surface area contributed by atoms with Crippen LogP contribution in [-0.2, 0) is 11.4 Å². The lowest BCUT2D eigenvalue weighted by Crippen LogP contribution is -2.12. The molecule has 6 heteroatoms. The number of Topliss-reactive ketones (excluding diaryl/α,β-unsaturated/α-hetero) is 1. The number of benzene rings is 1. The van der Waals surface area contributed by atoms with E-state index in [0.717, 1.165) is 29.7 Å². The first-order valence-corrected chi connectivity index (χ1v) is 9.45. The molecule has 0 bridgehead atoms. The summed E-state index contributed by atoms with van der Waals surface area (Å²) in [5.41, 5.74) is 4.32. The number of rotatable bonds is 4. The summed E-state index contributed by atoms with van der Waals surface area (Å²) in [5.74, 6) is 1.31. The number of aliphatic hydroxyl groups is 1. The third kappa shape index (κ3) is 3.45. The average molecular weight is 385 g/mol. The van der Waals surface area contributed by atoms with Gasteiger partial charge in [-0.2, -0.15) is 0 Å². The summed E-state index contributed by atoms with van der Waals surface area (Å²) in [4.78, 5) is 16.2. The van der Waals surface area contributed by atoms with Crippen LogP contribution in [0.15, 0.2) is 36.7 Å². The minimum Gasteiger partial charge on any atom is -0.495 e. The fraction of sp³-hybridized carbons (Fsp3) is 0.333. The zero-order chi connectivity index (χ0) is 19.0. The fourth-order valence-corrected chi connectivity index (χ4v) is 4.02. The van der Waals surface area contributed by atoms with Gasteiger partial charge in [0.2, 0.25) is 0 Å². The Morgan fingerprint density at radius 1 is 1.30 bits per heavy atom. The van der Waals surface area contributed by atoms with Gasteiger partial charge in [0.05, 0.1) is 24.4 Å². The van der Waals surface area contributed by atoms with E-state index in [1.807, 2.05) is 16.8 Å². The van der Waals surface area contributed by atoms with Crippen LogP contribution in [0.3, 0.4) is 0 Å². The first-order valence-electron chi connectivity index (χ1n) is 9.07. The summed E-state index contributed by atoms with van der Waals surface area (Å²) in [5, 5.41) is 10.2. The van der Waals surface area contributed by atoms with Gasteiger partial charge in [0.1, 0.15) is 17.2 Å². The van der Waals surface area contributed by atoms with Gasteiger partial charge in [-0.1, -0.05) is 11.6 Å². The van der Waals surface area contributed by atoms with Crippen molar-refractivity contribution in [2.24, 2.45) is 0 Å². The van der Waals surface area contributed by atoms with Crippen molar-refractivity contribution in [3.8, 4) is 17.0 Å². The van der Waals surface area contributed by atoms with E-state index in [4.69, 9.17) is 21.3 Å². The van der Waals surface area contributed by atoms with Gasteiger partial charge in [0, 0.05) is 30.8 Å². The first kappa shape index (κ1) is 18.0. The number of aliphatic hydroxyl groups excluding tert-OH is 1. The van der Waals surface area contributed by atoms with Crippen LogP contribution in [0, 0.1) is 0 Å². The largest absolute Gasteiger partial charge is 0.495 e. The number of hydrogen-bond acceptors (Lipinski definition) is 4. The second-order valence-corrected chi connectivity index (χ2v) is 7.37. The molecule has 0 amide bonds. The van der Waals surface area contributed by atoms with Crippen LogP contribution in [0.1, 0.15) is 42.7 Å². The van der Waals surface area contributed by atoms with Crippen molar-refractivity contribution in [3.63, 3.8) is 0 Å². The first-order chi connectivity index (χ1) is 13.1. The maximum Gasteiger partial charge on any atom is 0.137 e. The van der Waals surface area contributed by atoms with E-state index < -0.39 is 0 Å². The lowest BCUT2D eigenvalue weighted by Gasteiger charge is -2.21. The van der Waals surface area contributed by atoms with Crippen molar-refractivity contribution in [1.29, 1.82) is 0 Å². The number of fused-ring (bicyclic) bond motifs is 1. The Kier molecular flexibility index (Phi) is 4.89. The summed E-state index contributed by atoms with van der Waals surface area (Å²) in [6.07, 6.45) is 7.08. The number of carbonyl (C=O) groups excluding carboxylic acids is 1. The zero-order valence-corrected chi connectivity index (χ0v) is 15.9. The number of pyridine rings is 1. The minimum atomic E-state index is -0.127. The second kappa shape index (κ2) is 7.33. The summed E-state index contributed by atoms with van der Waals surface area (Å²) in [6, 6.07) is 7.72. The Hall–Kier alpha value is -2.37. The highest BCUT2D eigenvalue weighted by Crippen LogP contribution is 2.35. The molecule has 1 aliphatic rings. The van der Waals surface area contributed by atoms with Gasteiger partial charge in [-0.15, -0.1) is 0 Å². The molecule has 2 aromatic heterocycles. The van der Waals surface area contributed by atoms with Gasteiger partial charge in [-0.25, -0.2) is 4.98 Å². The highest BCUT2D eigenvalue weighted by atomic mass is 35.5. The van der Waals surface area contributed by atoms with Gasteiger partial charge < -0.3 is 14.2 Å². The molecule has 0 aliphatic heterocycles. The highest BCUT2D eigenvalue weighted by Gasteiger charge is 2.21. The lowest BCUT2D eigenvalue weighted by molar-refractivity contribution is -0.120. The number of ketones is 1. The molecule has 1 N–H and O–H groups in total. The molecule has 1 fully saturated rings. The van der Waals surface area contributed by atoms with Crippen LogP contribution >= 0.6 is 11.6 Å². The van der Waals surface area contributed by atoms with Crippen LogP contribution in [0.2, 0.25) is 5.02 Å². The standard InChI is InChI=1S/C21H21ClN2O3/c1-27-20-8-15(12-25)17(10-18(20)22)19-11-24-7-6-14(9-21(24)23-19)13-2-4-16(26)5-3-13/h6-11,13,25H,2-5,12H2,1H3. The predicted octanol–water partition coefficient (Wildman–Crippen LogP) is 4.38. The monoisotopic (exact) mass is 384 g/mol. The average Bonchev–Trinajstić information content (AvgIpc) is 3.11. The molecule has 4 rings (SSSR count). The molecule has 1 aromatic carbocycles. The summed E-state index contributed by atoms with van der Waals surface area (Å²) >= 11 is 6.28. The summed E-state index contributed by atoms with van der Waals surface area (Å²) < 4.78 is 7.20. The molecular weight excluding hydrogens is 364 g/mol. The molecule has 1 saturated carbocycles. The van der Waals surface area contributed by atoms with Crippen molar-refractivity contribution in [3.05, 3.63) is 52.8 Å². The molecule has 0 saturated heterocycles. The molecule has 0 atom stereocenters. The van der Waals surface area contributed by atoms with E-state index in [9.17, 15) is 9.90 Å². The third-order valence-electron chi connectivity index (χ3n) is 5.32. The summed E-state index contributed by atoms with van der Waals surface area (Å²) in [6.45, 7) is -0.127. The third-order valence-corrected chi connectivity index (χ3v) is 5.62. The van der Waals surface area contributed by atoms with Crippen molar-refractivity contribution < 1.29 is 14.6 Å². The van der Waals surface area contributed by atoms with Gasteiger partial charge >= 0.3 is 0 Å². The van der Waals surface area contributed by atoms with E-state index >= 15 is 0 Å². The quantitative estimate of drug-likeness (QED) is 0.724. The van der Waals surface area contributed by atoms with Crippen LogP contribution in [0.4, 0.5) is 0 Å². The highest BCUT2D eigenvalue weighted by molar-refractivity contribution is 6.32. The number of nitrogens with zero attached hydrogens (tertiary/aromatic N) is 2. The SMILES string of the molecule is COc1cc(CO)c(-c2cn3ccc(C4CCC(=O)CC4)cc3n2)cc1Cl. The number of carbonyl (C=O) groups is 1. The van der Waals surface area contributed by atoms with E-state index in [1.165, 1.54) is 5.56 Å². The number of halogens is 1. The number of ether oxygens (including phenoxy) is 1. The Morgan fingerprint density at radius 3 is 2.78 bits per heavy atom. The van der Waals surface area contributed by atoms with E-state index in [-0.39, 0.29) is 6.61 Å². The molecule has 1 aliphatic carbocycles. The van der Waals surface area contributed by atoms with Crippen LogP contribution < -0.4 is 4.74 Å². The maximum absolute atomic E-state index is 11.5. The number of aromatic nitrogens is 2. The lowest BCUT2D eigenvalue weighted by atomic mass is 9.84. The number of hydrogen-bond donors (Lipinski definition) is 1. The summed E-state index contributed by atoms with van der Waals surface area (Å²) in [7, 11) is 1.55. The van der Waals surface area contributed by atoms with Gasteiger partial charge in [0.15, 0.2) is 0 Å². The molecule has 0 unspecified atom stereocenters. The molecule has 27 heavy (non-hydrogen) atoms. The van der Waals surface area contributed by atoms with Crippen molar-refractivity contribution >= 4 is 23.0 Å².